The largest absolute Gasteiger partial charge is 0.363 e. The minimum absolute atomic E-state index is 0.336. The lowest BCUT2D eigenvalue weighted by Gasteiger charge is -2.09. The Balaban J connectivity index is 1.78. The molecule has 0 spiro atoms. The number of aromatic amines is 1. The second kappa shape index (κ2) is 4.77. The first-order valence-electron chi connectivity index (χ1n) is 6.98. The van der Waals surface area contributed by atoms with Crippen LogP contribution >= 0.6 is 11.8 Å². The van der Waals surface area contributed by atoms with E-state index in [1.54, 1.807) is 0 Å². The van der Waals surface area contributed by atoms with E-state index in [0.29, 0.717) is 5.92 Å². The molecule has 1 N–H and O–H groups in total. The number of H-pyrrole nitrogens is 1. The topological polar surface area (TPSA) is 44.8 Å². The molecule has 0 bridgehead atoms. The molecular weight excluding hydrogens is 280 g/mol. The van der Waals surface area contributed by atoms with Crippen molar-refractivity contribution in [2.24, 2.45) is 0 Å². The summed E-state index contributed by atoms with van der Waals surface area (Å²) in [5.41, 5.74) is 3.17. The molecule has 0 radical (unpaired) electrons. The number of nitrogens with one attached hydrogen (secondary N) is 1. The molecule has 1 aliphatic rings. The van der Waals surface area contributed by atoms with Crippen LogP contribution in [0.2, 0.25) is 0 Å². The van der Waals surface area contributed by atoms with Gasteiger partial charge in [-0.2, -0.15) is 0 Å². The monoisotopic (exact) mass is 296 g/mol. The van der Waals surface area contributed by atoms with Gasteiger partial charge in [0.1, 0.15) is 11.6 Å². The SMILES string of the molecule is CN(C)c1ccc2[nH]c(C3CSc4ccccc43)nc2n1. The number of rotatable bonds is 2. The van der Waals surface area contributed by atoms with Gasteiger partial charge in [-0.15, -0.1) is 11.8 Å². The molecule has 0 saturated carbocycles. The van der Waals surface area contributed by atoms with Gasteiger partial charge in [-0.05, 0) is 23.8 Å². The predicted molar refractivity (Wildman–Crippen MR) is 87.2 cm³/mol. The van der Waals surface area contributed by atoms with E-state index in [1.165, 1.54) is 10.5 Å². The molecule has 0 saturated heterocycles. The van der Waals surface area contributed by atoms with Crippen LogP contribution in [-0.4, -0.2) is 34.8 Å². The molecule has 106 valence electrons. The van der Waals surface area contributed by atoms with E-state index < -0.39 is 0 Å². The number of hydrogen-bond donors (Lipinski definition) is 1. The first kappa shape index (κ1) is 12.7. The summed E-state index contributed by atoms with van der Waals surface area (Å²) in [5, 5.41) is 0. The van der Waals surface area contributed by atoms with Gasteiger partial charge < -0.3 is 9.88 Å². The molecule has 1 atom stereocenters. The number of imidazole rings is 1. The van der Waals surface area contributed by atoms with E-state index in [9.17, 15) is 0 Å². The Hall–Kier alpha value is -2.01. The lowest BCUT2D eigenvalue weighted by atomic mass is 10.0. The van der Waals surface area contributed by atoms with Crippen molar-refractivity contribution in [3.8, 4) is 0 Å². The summed E-state index contributed by atoms with van der Waals surface area (Å²) in [5.74, 6) is 3.33. The van der Waals surface area contributed by atoms with E-state index in [4.69, 9.17) is 4.98 Å². The molecular formula is C16H16N4S. The zero-order valence-corrected chi connectivity index (χ0v) is 12.8. The number of thioether (sulfide) groups is 1. The molecule has 2 aromatic heterocycles. The standard InChI is InChI=1S/C16H16N4S/c1-20(2)14-8-7-12-16(18-14)19-15(17-12)11-9-21-13-6-4-3-5-10(11)13/h3-8,11H,9H2,1-2H3,(H,17,18,19). The van der Waals surface area contributed by atoms with Crippen molar-refractivity contribution in [1.82, 2.24) is 15.0 Å². The van der Waals surface area contributed by atoms with Crippen molar-refractivity contribution in [1.29, 1.82) is 0 Å². The maximum Gasteiger partial charge on any atom is 0.179 e. The van der Waals surface area contributed by atoms with Crippen LogP contribution in [0.1, 0.15) is 17.3 Å². The summed E-state index contributed by atoms with van der Waals surface area (Å²) in [6.07, 6.45) is 0. The molecule has 5 heteroatoms. The second-order valence-corrected chi connectivity index (χ2v) is 6.52. The van der Waals surface area contributed by atoms with E-state index in [1.807, 2.05) is 36.8 Å². The van der Waals surface area contributed by atoms with Gasteiger partial charge in [0.15, 0.2) is 5.65 Å². The van der Waals surface area contributed by atoms with Gasteiger partial charge in [0, 0.05) is 24.7 Å². The van der Waals surface area contributed by atoms with E-state index >= 15 is 0 Å². The summed E-state index contributed by atoms with van der Waals surface area (Å²) in [6.45, 7) is 0. The van der Waals surface area contributed by atoms with Crippen LogP contribution in [0.25, 0.3) is 11.2 Å². The molecule has 4 rings (SSSR count). The van der Waals surface area contributed by atoms with Crippen LogP contribution in [0.15, 0.2) is 41.3 Å². The first-order valence-corrected chi connectivity index (χ1v) is 7.96. The number of aromatic nitrogens is 3. The normalized spacial score (nSPS) is 17.1. The van der Waals surface area contributed by atoms with Crippen molar-refractivity contribution in [3.05, 3.63) is 47.8 Å². The van der Waals surface area contributed by atoms with Crippen molar-refractivity contribution >= 4 is 28.7 Å². The minimum Gasteiger partial charge on any atom is -0.363 e. The fourth-order valence-electron chi connectivity index (χ4n) is 2.70. The number of hydrogen-bond acceptors (Lipinski definition) is 4. The molecule has 1 unspecified atom stereocenters. The van der Waals surface area contributed by atoms with Gasteiger partial charge in [0.05, 0.1) is 11.4 Å². The van der Waals surface area contributed by atoms with Crippen molar-refractivity contribution in [2.45, 2.75) is 10.8 Å². The lowest BCUT2D eigenvalue weighted by Crippen LogP contribution is -2.10. The average molecular weight is 296 g/mol. The highest BCUT2D eigenvalue weighted by molar-refractivity contribution is 7.99. The van der Waals surface area contributed by atoms with E-state index in [2.05, 4.69) is 40.3 Å². The van der Waals surface area contributed by atoms with Crippen LogP contribution in [-0.2, 0) is 0 Å². The highest BCUT2D eigenvalue weighted by Gasteiger charge is 2.27. The number of fused-ring (bicyclic) bond motifs is 2. The summed E-state index contributed by atoms with van der Waals surface area (Å²) >= 11 is 1.90. The number of nitrogens with zero attached hydrogens (tertiary/aromatic N) is 3. The molecule has 0 amide bonds. The Labute approximate surface area is 127 Å². The smallest absolute Gasteiger partial charge is 0.179 e. The molecule has 21 heavy (non-hydrogen) atoms. The molecule has 4 nitrogen and oxygen atoms in total. The quantitative estimate of drug-likeness (QED) is 0.788. The fraction of sp³-hybridized carbons (Fsp3) is 0.250. The number of pyridine rings is 1. The van der Waals surface area contributed by atoms with Crippen LogP contribution in [0, 0.1) is 0 Å². The molecule has 1 aromatic carbocycles. The van der Waals surface area contributed by atoms with Crippen LogP contribution < -0.4 is 4.90 Å². The molecule has 0 aliphatic carbocycles. The van der Waals surface area contributed by atoms with E-state index in [-0.39, 0.29) is 0 Å². The Kier molecular flexibility index (Phi) is 2.89. The zero-order chi connectivity index (χ0) is 14.4. The zero-order valence-electron chi connectivity index (χ0n) is 12.0. The summed E-state index contributed by atoms with van der Waals surface area (Å²) in [6, 6.07) is 12.7. The van der Waals surface area contributed by atoms with Crippen molar-refractivity contribution in [2.75, 3.05) is 24.7 Å². The van der Waals surface area contributed by atoms with Crippen LogP contribution in [0.4, 0.5) is 5.82 Å². The maximum absolute atomic E-state index is 4.73. The van der Waals surface area contributed by atoms with Gasteiger partial charge in [0.25, 0.3) is 0 Å². The Morgan fingerprint density at radius 2 is 2.00 bits per heavy atom. The number of anilines is 1. The first-order chi connectivity index (χ1) is 10.2. The van der Waals surface area contributed by atoms with Crippen molar-refractivity contribution < 1.29 is 0 Å². The highest BCUT2D eigenvalue weighted by Crippen LogP contribution is 2.42. The number of benzene rings is 1. The summed E-state index contributed by atoms with van der Waals surface area (Å²) < 4.78 is 0. The maximum atomic E-state index is 4.73. The van der Waals surface area contributed by atoms with E-state index in [0.717, 1.165) is 28.6 Å². The van der Waals surface area contributed by atoms with Gasteiger partial charge >= 0.3 is 0 Å². The van der Waals surface area contributed by atoms with Gasteiger partial charge in [-0.25, -0.2) is 9.97 Å². The Morgan fingerprint density at radius 3 is 2.86 bits per heavy atom. The second-order valence-electron chi connectivity index (χ2n) is 5.46. The molecule has 1 aliphatic heterocycles. The fourth-order valence-corrected chi connectivity index (χ4v) is 3.94. The van der Waals surface area contributed by atoms with Crippen LogP contribution in [0.5, 0.6) is 0 Å². The summed E-state index contributed by atoms with van der Waals surface area (Å²) in [4.78, 5) is 16.1. The van der Waals surface area contributed by atoms with Crippen molar-refractivity contribution in [3.63, 3.8) is 0 Å². The predicted octanol–water partition coefficient (Wildman–Crippen LogP) is 3.26. The third-order valence-electron chi connectivity index (χ3n) is 3.84. The van der Waals surface area contributed by atoms with Crippen LogP contribution in [0.3, 0.4) is 0 Å². The molecule has 0 fully saturated rings. The third kappa shape index (κ3) is 2.08. The van der Waals surface area contributed by atoms with Gasteiger partial charge in [-0.1, -0.05) is 18.2 Å². The third-order valence-corrected chi connectivity index (χ3v) is 5.02. The highest BCUT2D eigenvalue weighted by atomic mass is 32.2. The summed E-state index contributed by atoms with van der Waals surface area (Å²) in [7, 11) is 3.98. The minimum atomic E-state index is 0.336. The Morgan fingerprint density at radius 1 is 1.14 bits per heavy atom. The Bertz CT molecular complexity index is 809. The van der Waals surface area contributed by atoms with Gasteiger partial charge in [0.2, 0.25) is 0 Å². The van der Waals surface area contributed by atoms with Gasteiger partial charge in [-0.3, -0.25) is 0 Å². The molecule has 3 aromatic rings. The average Bonchev–Trinajstić information content (AvgIpc) is 3.09. The molecule has 3 heterocycles. The lowest BCUT2D eigenvalue weighted by molar-refractivity contribution is 0.857.